The van der Waals surface area contributed by atoms with Gasteiger partial charge in [-0.1, -0.05) is 45.9 Å². The van der Waals surface area contributed by atoms with Crippen LogP contribution in [-0.4, -0.2) is 52.7 Å². The quantitative estimate of drug-likeness (QED) is 0.504. The van der Waals surface area contributed by atoms with Crippen LogP contribution in [-0.2, 0) is 9.16 Å². The third kappa shape index (κ3) is 4.53. The van der Waals surface area contributed by atoms with Crippen molar-refractivity contribution >= 4 is 25.6 Å². The van der Waals surface area contributed by atoms with E-state index in [9.17, 15) is 9.90 Å². The first kappa shape index (κ1) is 24.5. The van der Waals surface area contributed by atoms with Crippen molar-refractivity contribution in [1.82, 2.24) is 14.6 Å². The van der Waals surface area contributed by atoms with Crippen LogP contribution < -0.4 is 5.32 Å². The van der Waals surface area contributed by atoms with E-state index in [4.69, 9.17) is 9.16 Å². The largest absolute Gasteiger partial charge is 0.410 e. The Hall–Kier alpha value is -2.59. The zero-order chi connectivity index (χ0) is 24.7. The van der Waals surface area contributed by atoms with Gasteiger partial charge in [-0.2, -0.15) is 5.10 Å². The van der Waals surface area contributed by atoms with Crippen molar-refractivity contribution in [2.24, 2.45) is 5.92 Å². The van der Waals surface area contributed by atoms with E-state index in [1.165, 1.54) is 6.33 Å². The number of nitrogens with one attached hydrogen (secondary N) is 1. The molecule has 4 rings (SSSR count). The minimum Gasteiger partial charge on any atom is -0.410 e. The van der Waals surface area contributed by atoms with Gasteiger partial charge in [0.2, 0.25) is 0 Å². The number of fused-ring (bicyclic) bond motifs is 1. The number of hydrogen-bond acceptors (Lipinski definition) is 6. The average Bonchev–Trinajstić information content (AvgIpc) is 3.35. The number of aromatic nitrogens is 3. The Labute approximate surface area is 201 Å². The average molecular weight is 483 g/mol. The summed E-state index contributed by atoms with van der Waals surface area (Å²) < 4.78 is 14.9. The molecule has 1 aliphatic heterocycles. The normalized spacial score (nSPS) is 23.4. The van der Waals surface area contributed by atoms with Gasteiger partial charge in [0.1, 0.15) is 17.9 Å². The highest BCUT2D eigenvalue weighted by atomic mass is 28.4. The summed E-state index contributed by atoms with van der Waals surface area (Å²) in [6.07, 6.45) is 0.456. The lowest BCUT2D eigenvalue weighted by atomic mass is 9.97. The summed E-state index contributed by atoms with van der Waals surface area (Å²) in [6, 6.07) is 12.8. The number of carbonyl (C=O) groups is 1. The minimum atomic E-state index is -2.11. The number of nitrogens with zero attached hydrogens (tertiary/aromatic N) is 3. The van der Waals surface area contributed by atoms with E-state index in [1.54, 1.807) is 16.6 Å². The molecule has 1 aliphatic rings. The van der Waals surface area contributed by atoms with Gasteiger partial charge in [0, 0.05) is 11.5 Å². The summed E-state index contributed by atoms with van der Waals surface area (Å²) in [6.45, 7) is 13.1. The molecule has 2 aromatic heterocycles. The number of anilines is 1. The van der Waals surface area contributed by atoms with Crippen LogP contribution in [0.5, 0.6) is 0 Å². The highest BCUT2D eigenvalue weighted by Crippen LogP contribution is 2.45. The summed E-state index contributed by atoms with van der Waals surface area (Å²) in [5.74, 6) is 0.185. The Morgan fingerprint density at radius 3 is 2.56 bits per heavy atom. The zero-order valence-electron chi connectivity index (χ0n) is 20.6. The number of aliphatic hydroxyl groups excluding tert-OH is 1. The first-order chi connectivity index (χ1) is 16.0. The molecule has 0 saturated carbocycles. The van der Waals surface area contributed by atoms with Crippen molar-refractivity contribution in [2.45, 2.75) is 64.1 Å². The molecular formula is C25H34N4O4Si. The van der Waals surface area contributed by atoms with E-state index in [0.717, 1.165) is 5.69 Å². The fourth-order valence-electron chi connectivity index (χ4n) is 4.05. The molecular weight excluding hydrogens is 448 g/mol. The van der Waals surface area contributed by atoms with Gasteiger partial charge in [-0.05, 0) is 42.4 Å². The summed E-state index contributed by atoms with van der Waals surface area (Å²) >= 11 is 0. The van der Waals surface area contributed by atoms with Crippen LogP contribution >= 0.6 is 0 Å². The monoisotopic (exact) mass is 482 g/mol. The Bertz CT molecular complexity index is 1160. The van der Waals surface area contributed by atoms with Crippen LogP contribution in [0.3, 0.4) is 0 Å². The Morgan fingerprint density at radius 1 is 1.21 bits per heavy atom. The third-order valence-corrected chi connectivity index (χ3v) is 11.7. The van der Waals surface area contributed by atoms with Crippen molar-refractivity contribution in [2.75, 3.05) is 11.9 Å². The molecule has 3 aromatic rings. The second-order valence-electron chi connectivity index (χ2n) is 10.5. The summed E-state index contributed by atoms with van der Waals surface area (Å²) in [7, 11) is -2.11. The molecule has 4 atom stereocenters. The topological polar surface area (TPSA) is 98.0 Å². The molecule has 0 spiro atoms. The van der Waals surface area contributed by atoms with Crippen molar-refractivity contribution in [3.8, 4) is 0 Å². The van der Waals surface area contributed by atoms with Crippen LogP contribution in [0.2, 0.25) is 18.1 Å². The van der Waals surface area contributed by atoms with E-state index in [0.29, 0.717) is 16.9 Å². The second kappa shape index (κ2) is 9.22. The fraction of sp³-hybridized carbons (Fsp3) is 0.480. The van der Waals surface area contributed by atoms with Crippen molar-refractivity contribution in [3.05, 3.63) is 60.0 Å². The van der Waals surface area contributed by atoms with Crippen molar-refractivity contribution in [3.63, 3.8) is 0 Å². The number of carbonyl (C=O) groups excluding carboxylic acids is 1. The van der Waals surface area contributed by atoms with Crippen LogP contribution in [0, 0.1) is 5.92 Å². The fourth-order valence-corrected chi connectivity index (χ4v) is 5.42. The molecule has 1 saturated heterocycles. The van der Waals surface area contributed by atoms with Crippen LogP contribution in [0.4, 0.5) is 5.82 Å². The second-order valence-corrected chi connectivity index (χ2v) is 15.2. The highest BCUT2D eigenvalue weighted by Gasteiger charge is 2.49. The minimum absolute atomic E-state index is 0.00812. The van der Waals surface area contributed by atoms with Gasteiger partial charge in [0.05, 0.1) is 24.5 Å². The third-order valence-electron chi connectivity index (χ3n) is 7.18. The van der Waals surface area contributed by atoms with E-state index < -0.39 is 14.4 Å². The van der Waals surface area contributed by atoms with Gasteiger partial charge in [-0.25, -0.2) is 9.50 Å². The van der Waals surface area contributed by atoms with Crippen molar-refractivity contribution < 1.29 is 19.1 Å². The highest BCUT2D eigenvalue weighted by molar-refractivity contribution is 6.74. The molecule has 1 aromatic carbocycles. The summed E-state index contributed by atoms with van der Waals surface area (Å²) in [4.78, 5) is 17.0. The Kier molecular flexibility index (Phi) is 6.65. The number of aliphatic hydroxyl groups is 1. The maximum Gasteiger partial charge on any atom is 0.256 e. The number of benzene rings is 1. The molecule has 0 unspecified atom stereocenters. The first-order valence-corrected chi connectivity index (χ1v) is 14.6. The lowest BCUT2D eigenvalue weighted by molar-refractivity contribution is -0.0135. The maximum atomic E-state index is 12.7. The van der Waals surface area contributed by atoms with E-state index in [1.807, 2.05) is 30.3 Å². The maximum absolute atomic E-state index is 12.7. The zero-order valence-corrected chi connectivity index (χ0v) is 21.6. The van der Waals surface area contributed by atoms with Gasteiger partial charge in [-0.3, -0.25) is 4.79 Å². The van der Waals surface area contributed by atoms with Crippen LogP contribution in [0.1, 0.15) is 49.9 Å². The molecule has 0 bridgehead atoms. The molecule has 2 N–H and O–H groups in total. The number of amides is 1. The summed E-state index contributed by atoms with van der Waals surface area (Å²) in [5, 5.41) is 17.3. The van der Waals surface area contributed by atoms with Gasteiger partial charge in [-0.15, -0.1) is 0 Å². The van der Waals surface area contributed by atoms with Gasteiger partial charge < -0.3 is 19.6 Å². The SMILES string of the molecule is C[C@H]1[C@@H](O[Si](C)(C)C(C)(C)C)[C@H](c2ccc3c(NC(=O)c4ccccc4)ncnn23)O[C@@H]1CO. The standard InChI is InChI=1S/C25H34N4O4Si/c1-16-20(14-30)32-22(21(16)33-34(5,6)25(2,3)4)18-12-13-19-23(26-15-27-29(18)19)28-24(31)17-10-8-7-9-11-17/h7-13,15-16,20-22,30H,14H2,1-6H3,(H,26,27,28,31)/t16-,20-,21-,22+/m1/s1. The molecule has 34 heavy (non-hydrogen) atoms. The predicted molar refractivity (Wildman–Crippen MR) is 133 cm³/mol. The Balaban J connectivity index is 1.68. The first-order valence-electron chi connectivity index (χ1n) is 11.7. The van der Waals surface area contributed by atoms with Gasteiger partial charge >= 0.3 is 0 Å². The molecule has 8 nitrogen and oxygen atoms in total. The van der Waals surface area contributed by atoms with Gasteiger partial charge in [0.15, 0.2) is 14.1 Å². The molecule has 9 heteroatoms. The van der Waals surface area contributed by atoms with Crippen LogP contribution in [0.15, 0.2) is 48.8 Å². The Morgan fingerprint density at radius 2 is 1.91 bits per heavy atom. The van der Waals surface area contributed by atoms with Gasteiger partial charge in [0.25, 0.3) is 5.91 Å². The smallest absolute Gasteiger partial charge is 0.256 e. The lowest BCUT2D eigenvalue weighted by Gasteiger charge is -2.40. The predicted octanol–water partition coefficient (Wildman–Crippen LogP) is 4.44. The molecule has 3 heterocycles. The molecule has 182 valence electrons. The van der Waals surface area contributed by atoms with E-state index in [-0.39, 0.29) is 35.7 Å². The number of rotatable bonds is 6. The van der Waals surface area contributed by atoms with Crippen molar-refractivity contribution in [1.29, 1.82) is 0 Å². The molecule has 0 aliphatic carbocycles. The van der Waals surface area contributed by atoms with Crippen LogP contribution in [0.25, 0.3) is 5.52 Å². The number of hydrogen-bond donors (Lipinski definition) is 2. The van der Waals surface area contributed by atoms with E-state index >= 15 is 0 Å². The molecule has 0 radical (unpaired) electrons. The summed E-state index contributed by atoms with van der Waals surface area (Å²) in [5.41, 5.74) is 2.02. The molecule has 1 fully saturated rings. The number of ether oxygens (including phenoxy) is 1. The van der Waals surface area contributed by atoms with E-state index in [2.05, 4.69) is 56.2 Å². The molecule has 1 amide bonds. The lowest BCUT2D eigenvalue weighted by Crippen LogP contribution is -2.46.